The molecule has 1 unspecified atom stereocenters. The molecule has 1 aromatic heterocycles. The average molecular weight is 848 g/mol. The lowest BCUT2D eigenvalue weighted by Gasteiger charge is -2.14. The van der Waals surface area contributed by atoms with Crippen LogP contribution in [0.5, 0.6) is 17.2 Å². The van der Waals surface area contributed by atoms with E-state index in [1.807, 2.05) is 11.4 Å². The molecule has 0 fully saturated rings. The molecule has 21 heteroatoms. The molecule has 0 aliphatic carbocycles. The van der Waals surface area contributed by atoms with Gasteiger partial charge in [-0.2, -0.15) is 4.68 Å². The minimum Gasteiger partial charge on any atom is -0.778 e. The molecule has 1 aliphatic rings. The lowest BCUT2D eigenvalue weighted by atomic mass is 10.2. The number of hydrogen-bond acceptors (Lipinski definition) is 11. The molecule has 1 atom stereocenters. The van der Waals surface area contributed by atoms with Gasteiger partial charge >= 0.3 is 11.7 Å². The number of terminal acetylenes is 1. The number of para-hydroxylation sites is 1. The van der Waals surface area contributed by atoms with E-state index in [1.54, 1.807) is 34.9 Å². The number of carboxylic acid groups (broad SMARTS) is 1. The fourth-order valence-corrected chi connectivity index (χ4v) is 5.30. The van der Waals surface area contributed by atoms with Crippen molar-refractivity contribution in [2.45, 2.75) is 25.8 Å². The molecule has 3 aromatic carbocycles. The summed E-state index contributed by atoms with van der Waals surface area (Å²) < 4.78 is 23.8. The van der Waals surface area contributed by atoms with Crippen LogP contribution in [0.25, 0.3) is 5.69 Å². The fourth-order valence-electron chi connectivity index (χ4n) is 4.19. The van der Waals surface area contributed by atoms with Gasteiger partial charge in [0.05, 0.1) is 52.3 Å². The highest BCUT2D eigenvalue weighted by atomic mass is 35.5. The minimum absolute atomic E-state index is 0.0352. The van der Waals surface area contributed by atoms with Crippen LogP contribution in [0.2, 0.25) is 15.1 Å². The molecule has 16 nitrogen and oxygen atoms in total. The zero-order chi connectivity index (χ0) is 40.6. The maximum absolute atomic E-state index is 12.5. The van der Waals surface area contributed by atoms with Crippen molar-refractivity contribution in [1.82, 2.24) is 19.7 Å². The summed E-state index contributed by atoms with van der Waals surface area (Å²) in [5, 5.41) is 25.7. The number of benzene rings is 3. The number of hydrogen-bond donors (Lipinski definition) is 4. The maximum atomic E-state index is 12.5. The molecule has 0 amide bonds. The van der Waals surface area contributed by atoms with Crippen molar-refractivity contribution in [3.63, 3.8) is 0 Å². The average Bonchev–Trinajstić information content (AvgIpc) is 3.42. The largest absolute Gasteiger partial charge is 0.778 e. The Kier molecular flexibility index (Phi) is 18.9. The summed E-state index contributed by atoms with van der Waals surface area (Å²) >= 11 is 18.2. The first kappa shape index (κ1) is 45.9. The Bertz CT molecular complexity index is 2030. The number of nitrogens with one attached hydrogen (secondary N) is 1. The third-order valence-electron chi connectivity index (χ3n) is 6.39. The van der Waals surface area contributed by atoms with Gasteiger partial charge in [-0.1, -0.05) is 58.9 Å². The van der Waals surface area contributed by atoms with Crippen LogP contribution in [0.1, 0.15) is 18.7 Å². The zero-order valence-electron chi connectivity index (χ0n) is 29.2. The van der Waals surface area contributed by atoms with Gasteiger partial charge in [-0.05, 0) is 48.0 Å². The van der Waals surface area contributed by atoms with Crippen molar-refractivity contribution >= 4 is 70.6 Å². The molecule has 4 aromatic rings. The Morgan fingerprint density at radius 1 is 1.13 bits per heavy atom. The third kappa shape index (κ3) is 15.2. The van der Waals surface area contributed by atoms with E-state index in [0.29, 0.717) is 44.7 Å². The summed E-state index contributed by atoms with van der Waals surface area (Å²) in [5.74, 6) is 3.20. The molecule has 54 heavy (non-hydrogen) atoms. The van der Waals surface area contributed by atoms with Gasteiger partial charge in [0.15, 0.2) is 0 Å². The van der Waals surface area contributed by atoms with E-state index < -0.39 is 31.3 Å². The van der Waals surface area contributed by atoms with Crippen molar-refractivity contribution < 1.29 is 38.6 Å². The van der Waals surface area contributed by atoms with E-state index in [9.17, 15) is 29.2 Å². The van der Waals surface area contributed by atoms with Gasteiger partial charge in [0, 0.05) is 25.1 Å². The topological polar surface area (TPSA) is 237 Å². The number of anilines is 1. The first-order valence-electron chi connectivity index (χ1n) is 15.5. The van der Waals surface area contributed by atoms with Crippen LogP contribution < -0.4 is 31.1 Å². The summed E-state index contributed by atoms with van der Waals surface area (Å²) in [6.07, 6.45) is 13.8. The number of rotatable bonds is 10. The minimum atomic E-state index is -4.35. The molecule has 5 N–H and O–H groups in total. The Morgan fingerprint density at radius 2 is 1.78 bits per heavy atom. The number of aryl methyl sites for hydroxylation is 1. The maximum Gasteiger partial charge on any atom is 0.350 e. The van der Waals surface area contributed by atoms with E-state index >= 15 is 0 Å². The van der Waals surface area contributed by atoms with Crippen LogP contribution >= 0.6 is 42.4 Å². The Labute approximate surface area is 328 Å². The van der Waals surface area contributed by atoms with Gasteiger partial charge in [-0.25, -0.2) is 4.79 Å². The van der Waals surface area contributed by atoms with E-state index in [2.05, 4.69) is 29.8 Å². The van der Waals surface area contributed by atoms with Crippen LogP contribution in [-0.2, 0) is 33.2 Å². The second-order valence-electron chi connectivity index (χ2n) is 11.3. The summed E-state index contributed by atoms with van der Waals surface area (Å²) in [4.78, 5) is 50.3. The van der Waals surface area contributed by atoms with Gasteiger partial charge in [0.1, 0.15) is 48.0 Å². The number of nitro groups is 1. The number of aromatic nitrogens is 3. The zero-order valence-corrected chi connectivity index (χ0v) is 33.2. The van der Waals surface area contributed by atoms with Gasteiger partial charge in [-0.15, -0.1) is 11.5 Å². The number of ether oxygens (including phenoxy) is 2. The summed E-state index contributed by atoms with van der Waals surface area (Å²) in [5.41, 5.74) is 5.48. The Balaban J connectivity index is 0.000000283. The van der Waals surface area contributed by atoms with Crippen molar-refractivity contribution in [3.8, 4) is 35.3 Å². The van der Waals surface area contributed by atoms with Gasteiger partial charge in [0.2, 0.25) is 0 Å². The number of nitrogens with zero attached hydrogens (tertiary/aromatic N) is 4. The number of nitrogen functional groups attached to an aromatic ring is 1. The smallest absolute Gasteiger partial charge is 0.350 e. The molecule has 1 aliphatic heterocycles. The first-order valence-corrected chi connectivity index (χ1v) is 20.8. The summed E-state index contributed by atoms with van der Waals surface area (Å²) in [6.45, 7) is 0.280. The van der Waals surface area contributed by atoms with Crippen LogP contribution in [0.4, 0.5) is 11.4 Å². The van der Waals surface area contributed by atoms with Gasteiger partial charge in [0.25, 0.3) is 5.69 Å². The van der Waals surface area contributed by atoms with Crippen molar-refractivity contribution in [2.24, 2.45) is 0 Å². The number of aliphatic carboxylic acids is 1. The molecule has 0 radical (unpaired) electrons. The highest BCUT2D eigenvalue weighted by Crippen LogP contribution is 2.39. The number of fused-ring (bicyclic) bond motifs is 1. The predicted octanol–water partition coefficient (Wildman–Crippen LogP) is 4.97. The molecule has 0 bridgehead atoms. The number of carboxylic acids is 1. The van der Waals surface area contributed by atoms with Crippen molar-refractivity contribution in [2.75, 3.05) is 43.9 Å². The number of carbonyl (C=O) groups is 1. The molecular weight excluding hydrogens is 810 g/mol. The molecule has 0 saturated carbocycles. The van der Waals surface area contributed by atoms with Crippen LogP contribution in [0, 0.1) is 22.5 Å². The van der Waals surface area contributed by atoms with Crippen molar-refractivity contribution in [1.29, 1.82) is 0 Å². The summed E-state index contributed by atoms with van der Waals surface area (Å²) in [7, 11) is -3.71. The van der Waals surface area contributed by atoms with E-state index in [-0.39, 0.29) is 34.4 Å². The molecule has 292 valence electrons. The lowest BCUT2D eigenvalue weighted by Crippen LogP contribution is -2.26. The predicted molar refractivity (Wildman–Crippen MR) is 210 cm³/mol. The molecule has 5 rings (SSSR count). The first-order chi connectivity index (χ1) is 25.4. The van der Waals surface area contributed by atoms with E-state index in [0.717, 1.165) is 25.1 Å². The Hall–Kier alpha value is -4.24. The van der Waals surface area contributed by atoms with Crippen LogP contribution in [0.15, 0.2) is 59.4 Å². The van der Waals surface area contributed by atoms with Gasteiger partial charge < -0.3 is 34.7 Å². The third-order valence-corrected chi connectivity index (χ3v) is 8.00. The highest BCUT2D eigenvalue weighted by molar-refractivity contribution is 7.94. The quantitative estimate of drug-likeness (QED) is 0.0413. The summed E-state index contributed by atoms with van der Waals surface area (Å²) in [6, 6.07) is 14.7. The standard InChI is InChI=1S/C15H13Cl2N3O2.C12H9ClN2O3.C3H8NO5P.C3H9S/c1-2-7-22-13-9-12(10(16)8-11(13)17)20-15(21)19-6-4-3-5-14(19)18-20;13-11-10(18-8-4-2-1-3-5-8)7-6-9(12(11)14)15(16)17;5-3(6)1-4-2-10(7,8)9;1-4(2)3/h1,8-9H,3-7H2;1-7H,14H2;4H,1-2H2,(H,5,6)(H2,7,8,9);1-3H3/q;;;+1/p-1. The highest BCUT2D eigenvalue weighted by Gasteiger charge is 2.21. The van der Waals surface area contributed by atoms with E-state index in [1.165, 1.54) is 22.9 Å². The van der Waals surface area contributed by atoms with Crippen LogP contribution in [-0.4, -0.2) is 73.4 Å². The fraction of sp³-hybridized carbons (Fsp3) is 0.303. The number of halogens is 3. The molecule has 2 heterocycles. The lowest BCUT2D eigenvalue weighted by molar-refractivity contribution is -0.383. The number of nitrogens with two attached hydrogens (primary N) is 1. The monoisotopic (exact) mass is 846 g/mol. The molecular formula is C33H38Cl3N6O10PS. The second-order valence-corrected chi connectivity index (χ2v) is 16.5. The van der Waals surface area contributed by atoms with Gasteiger partial charge in [-0.3, -0.25) is 24.8 Å². The Morgan fingerprint density at radius 3 is 2.33 bits per heavy atom. The van der Waals surface area contributed by atoms with Crippen molar-refractivity contribution in [3.05, 3.63) is 96.1 Å². The normalized spacial score (nSPS) is 12.5. The SMILES string of the molecule is C#CCOc1cc(-n2nc3n(c2=O)CCCC3)c(Cl)cc1Cl.C[S+](C)C.Nc1c([N+](=O)[O-])ccc(Oc2ccccc2)c1Cl.O=C(O)CNCP(=O)([O-])O. The molecule has 0 spiro atoms. The molecule has 0 saturated heterocycles. The van der Waals surface area contributed by atoms with E-state index in [4.69, 9.17) is 66.4 Å². The van der Waals surface area contributed by atoms with Crippen LogP contribution in [0.3, 0.4) is 0 Å². The second kappa shape index (κ2) is 22.2. The number of nitro benzene ring substituents is 1.